The predicted molar refractivity (Wildman–Crippen MR) is 132 cm³/mol. The molecule has 0 saturated heterocycles. The summed E-state index contributed by atoms with van der Waals surface area (Å²) in [4.78, 5) is 33.2. The van der Waals surface area contributed by atoms with Crippen molar-refractivity contribution >= 4 is 17.5 Å². The van der Waals surface area contributed by atoms with Crippen molar-refractivity contribution < 1.29 is 32.6 Å². The first-order valence-corrected chi connectivity index (χ1v) is 12.1. The fourth-order valence-electron chi connectivity index (χ4n) is 4.17. The largest absolute Gasteiger partial charge is 0.488 e. The summed E-state index contributed by atoms with van der Waals surface area (Å²) in [6, 6.07) is 7.85. The van der Waals surface area contributed by atoms with Gasteiger partial charge in [-0.25, -0.2) is 0 Å². The lowest BCUT2D eigenvalue weighted by atomic mass is 9.99. The highest BCUT2D eigenvalue weighted by atomic mass is 19.4. The number of aromatic nitrogens is 1. The highest BCUT2D eigenvalue weighted by molar-refractivity contribution is 5.99. The summed E-state index contributed by atoms with van der Waals surface area (Å²) in [5, 5.41) is 12.2. The van der Waals surface area contributed by atoms with Gasteiger partial charge in [0.15, 0.2) is 0 Å². The standard InChI is InChI=1S/C26H33F3N4O4/c1-17-13-33(18(2)16-34)25(36)21-12-20(31-24(35)6-9-26(27,28)29)4-5-22(21)37-23(17)15-32(3)14-19-7-10-30-11-8-19/h4-5,7-8,10-12,17-18,23,34H,6,9,13-16H2,1-3H3,(H,31,35)/t17-,18+,23-/m1/s1. The number of likely N-dealkylation sites (N-methyl/N-ethyl adjacent to an activating group) is 1. The average molecular weight is 523 g/mol. The molecule has 202 valence electrons. The van der Waals surface area contributed by atoms with Gasteiger partial charge in [0.1, 0.15) is 11.9 Å². The van der Waals surface area contributed by atoms with Crippen molar-refractivity contribution in [3.05, 3.63) is 53.9 Å². The lowest BCUT2D eigenvalue weighted by Crippen LogP contribution is -2.49. The van der Waals surface area contributed by atoms with Crippen LogP contribution in [0.5, 0.6) is 5.75 Å². The SMILES string of the molecule is C[C@@H]1CN([C@@H](C)CO)C(=O)c2cc(NC(=O)CCC(F)(F)F)ccc2O[C@@H]1CN(C)Cc1ccncc1. The highest BCUT2D eigenvalue weighted by Crippen LogP contribution is 2.31. The predicted octanol–water partition coefficient (Wildman–Crippen LogP) is 3.71. The number of benzene rings is 1. The minimum atomic E-state index is -4.44. The molecule has 0 spiro atoms. The first kappa shape index (κ1) is 28.4. The Bertz CT molecular complexity index is 1070. The highest BCUT2D eigenvalue weighted by Gasteiger charge is 2.34. The number of carbonyl (C=O) groups excluding carboxylic acids is 2. The van der Waals surface area contributed by atoms with E-state index >= 15 is 0 Å². The quantitative estimate of drug-likeness (QED) is 0.522. The molecule has 1 aromatic carbocycles. The van der Waals surface area contributed by atoms with E-state index in [4.69, 9.17) is 4.74 Å². The maximum absolute atomic E-state index is 13.5. The zero-order chi connectivity index (χ0) is 27.2. The van der Waals surface area contributed by atoms with Gasteiger partial charge in [-0.2, -0.15) is 13.2 Å². The van der Waals surface area contributed by atoms with Crippen molar-refractivity contribution in [2.24, 2.45) is 5.92 Å². The van der Waals surface area contributed by atoms with Gasteiger partial charge in [0.25, 0.3) is 5.91 Å². The molecule has 0 fully saturated rings. The Labute approximate surface area is 214 Å². The average Bonchev–Trinajstić information content (AvgIpc) is 2.85. The Kier molecular flexibility index (Phi) is 9.50. The van der Waals surface area contributed by atoms with Gasteiger partial charge in [0.2, 0.25) is 5.91 Å². The van der Waals surface area contributed by atoms with Crippen LogP contribution in [0.2, 0.25) is 0 Å². The second-order valence-corrected chi connectivity index (χ2v) is 9.55. The second kappa shape index (κ2) is 12.4. The van der Waals surface area contributed by atoms with E-state index in [9.17, 15) is 27.9 Å². The summed E-state index contributed by atoms with van der Waals surface area (Å²) in [5.41, 5.74) is 1.45. The van der Waals surface area contributed by atoms with E-state index in [1.165, 1.54) is 12.1 Å². The summed E-state index contributed by atoms with van der Waals surface area (Å²) in [7, 11) is 1.97. The number of aliphatic hydroxyl groups is 1. The van der Waals surface area contributed by atoms with E-state index in [1.54, 1.807) is 30.3 Å². The molecule has 2 amide bonds. The monoisotopic (exact) mass is 522 g/mol. The van der Waals surface area contributed by atoms with Crippen LogP contribution in [-0.2, 0) is 11.3 Å². The van der Waals surface area contributed by atoms with Crippen LogP contribution in [0.15, 0.2) is 42.7 Å². The number of fused-ring (bicyclic) bond motifs is 1. The first-order chi connectivity index (χ1) is 17.5. The molecule has 0 unspecified atom stereocenters. The Morgan fingerprint density at radius 2 is 2.00 bits per heavy atom. The van der Waals surface area contributed by atoms with Crippen LogP contribution in [0, 0.1) is 5.92 Å². The molecular weight excluding hydrogens is 489 g/mol. The van der Waals surface area contributed by atoms with Crippen LogP contribution in [-0.4, -0.2) is 76.8 Å². The maximum Gasteiger partial charge on any atom is 0.389 e. The van der Waals surface area contributed by atoms with E-state index in [-0.39, 0.29) is 29.9 Å². The van der Waals surface area contributed by atoms with Crippen molar-refractivity contribution in [1.29, 1.82) is 0 Å². The number of nitrogens with one attached hydrogen (secondary N) is 1. The Hall–Kier alpha value is -3.18. The van der Waals surface area contributed by atoms with Crippen LogP contribution in [0.25, 0.3) is 0 Å². The van der Waals surface area contributed by atoms with Crippen molar-refractivity contribution in [3.8, 4) is 5.75 Å². The van der Waals surface area contributed by atoms with E-state index in [2.05, 4.69) is 15.2 Å². The molecule has 3 rings (SSSR count). The van der Waals surface area contributed by atoms with Gasteiger partial charge in [0.05, 0.1) is 24.6 Å². The number of ether oxygens (including phenoxy) is 1. The van der Waals surface area contributed by atoms with E-state index in [0.717, 1.165) is 5.56 Å². The lowest BCUT2D eigenvalue weighted by Gasteiger charge is -2.38. The molecule has 1 aromatic heterocycles. The zero-order valence-electron chi connectivity index (χ0n) is 21.2. The summed E-state index contributed by atoms with van der Waals surface area (Å²) in [6.07, 6.45) is -3.24. The third-order valence-corrected chi connectivity index (χ3v) is 6.28. The van der Waals surface area contributed by atoms with Crippen molar-refractivity contribution in [3.63, 3.8) is 0 Å². The molecule has 1 aliphatic heterocycles. The van der Waals surface area contributed by atoms with E-state index in [0.29, 0.717) is 25.4 Å². The van der Waals surface area contributed by atoms with Gasteiger partial charge in [0, 0.05) is 50.1 Å². The minimum Gasteiger partial charge on any atom is -0.488 e. The smallest absolute Gasteiger partial charge is 0.389 e. The number of carbonyl (C=O) groups is 2. The van der Waals surface area contributed by atoms with Crippen LogP contribution >= 0.6 is 0 Å². The third-order valence-electron chi connectivity index (χ3n) is 6.28. The maximum atomic E-state index is 13.5. The molecule has 8 nitrogen and oxygen atoms in total. The van der Waals surface area contributed by atoms with Crippen molar-refractivity contribution in [2.75, 3.05) is 32.1 Å². The Morgan fingerprint density at radius 3 is 2.65 bits per heavy atom. The number of amides is 2. The number of aliphatic hydroxyl groups excluding tert-OH is 1. The molecule has 2 heterocycles. The molecule has 3 atom stereocenters. The molecule has 0 radical (unpaired) electrons. The summed E-state index contributed by atoms with van der Waals surface area (Å²) >= 11 is 0. The Morgan fingerprint density at radius 1 is 1.30 bits per heavy atom. The first-order valence-electron chi connectivity index (χ1n) is 12.1. The van der Waals surface area contributed by atoms with Crippen LogP contribution < -0.4 is 10.1 Å². The van der Waals surface area contributed by atoms with Gasteiger partial charge in [-0.3, -0.25) is 19.5 Å². The molecule has 0 bridgehead atoms. The van der Waals surface area contributed by atoms with Gasteiger partial charge in [-0.1, -0.05) is 6.92 Å². The van der Waals surface area contributed by atoms with Gasteiger partial charge in [-0.05, 0) is 49.9 Å². The van der Waals surface area contributed by atoms with Crippen molar-refractivity contribution in [2.45, 2.75) is 51.6 Å². The lowest BCUT2D eigenvalue weighted by molar-refractivity contribution is -0.142. The summed E-state index contributed by atoms with van der Waals surface area (Å²) < 4.78 is 43.7. The third kappa shape index (κ3) is 8.16. The van der Waals surface area contributed by atoms with Crippen molar-refractivity contribution in [1.82, 2.24) is 14.8 Å². The van der Waals surface area contributed by atoms with Crippen LogP contribution in [0.3, 0.4) is 0 Å². The second-order valence-electron chi connectivity index (χ2n) is 9.55. The molecule has 2 N–H and O–H groups in total. The van der Waals surface area contributed by atoms with Crippen LogP contribution in [0.4, 0.5) is 18.9 Å². The van der Waals surface area contributed by atoms with Crippen LogP contribution in [0.1, 0.15) is 42.6 Å². The number of alkyl halides is 3. The van der Waals surface area contributed by atoms with Gasteiger partial charge < -0.3 is 20.1 Å². The molecule has 37 heavy (non-hydrogen) atoms. The topological polar surface area (TPSA) is 95.0 Å². The van der Waals surface area contributed by atoms with E-state index in [1.807, 2.05) is 26.1 Å². The Balaban J connectivity index is 1.84. The molecule has 0 aliphatic carbocycles. The molecular formula is C26H33F3N4O4. The number of hydrogen-bond donors (Lipinski definition) is 2. The summed E-state index contributed by atoms with van der Waals surface area (Å²) in [6.45, 7) is 5.02. The molecule has 11 heteroatoms. The fraction of sp³-hybridized carbons (Fsp3) is 0.500. The number of halogens is 3. The minimum absolute atomic E-state index is 0.0762. The molecule has 1 aliphatic rings. The normalized spacial score (nSPS) is 19.0. The number of rotatable bonds is 9. The number of pyridine rings is 1. The number of nitrogens with zero attached hydrogens (tertiary/aromatic N) is 3. The van der Waals surface area contributed by atoms with Gasteiger partial charge in [-0.15, -0.1) is 0 Å². The summed E-state index contributed by atoms with van der Waals surface area (Å²) in [5.74, 6) is -0.963. The fourth-order valence-corrected chi connectivity index (χ4v) is 4.17. The molecule has 2 aromatic rings. The zero-order valence-corrected chi connectivity index (χ0v) is 21.2. The number of hydrogen-bond acceptors (Lipinski definition) is 6. The molecule has 0 saturated carbocycles. The number of anilines is 1. The van der Waals surface area contributed by atoms with Gasteiger partial charge >= 0.3 is 6.18 Å². The van der Waals surface area contributed by atoms with E-state index < -0.39 is 36.9 Å².